The Balaban J connectivity index is 1.87. The fourth-order valence-electron chi connectivity index (χ4n) is 1.82. The largest absolute Gasteiger partial charge is 0.457 e. The van der Waals surface area contributed by atoms with Gasteiger partial charge in [-0.05, 0) is 36.4 Å². The number of amides is 3. The number of carbonyl (C=O) groups excluding carboxylic acids is 2. The molecular formula is C14H9ClN2O3. The van der Waals surface area contributed by atoms with Gasteiger partial charge in [-0.25, -0.2) is 4.79 Å². The second kappa shape index (κ2) is 4.86. The summed E-state index contributed by atoms with van der Waals surface area (Å²) in [6.45, 7) is 0. The molecule has 0 radical (unpaired) electrons. The molecule has 100 valence electrons. The molecule has 0 atom stereocenters. The van der Waals surface area contributed by atoms with E-state index < -0.39 is 11.9 Å². The number of hydrogen-bond acceptors (Lipinski definition) is 3. The Hall–Kier alpha value is -2.53. The summed E-state index contributed by atoms with van der Waals surface area (Å²) < 4.78 is 5.60. The van der Waals surface area contributed by atoms with Gasteiger partial charge in [-0.3, -0.25) is 10.1 Å². The van der Waals surface area contributed by atoms with E-state index in [1.165, 1.54) is 6.08 Å². The molecule has 1 saturated heterocycles. The highest BCUT2D eigenvalue weighted by Gasteiger charge is 2.23. The third-order valence-corrected chi connectivity index (χ3v) is 3.01. The van der Waals surface area contributed by atoms with Gasteiger partial charge < -0.3 is 9.73 Å². The van der Waals surface area contributed by atoms with E-state index >= 15 is 0 Å². The van der Waals surface area contributed by atoms with Gasteiger partial charge in [-0.1, -0.05) is 11.6 Å². The van der Waals surface area contributed by atoms with Crippen LogP contribution in [0.5, 0.6) is 0 Å². The van der Waals surface area contributed by atoms with Crippen LogP contribution in [0.15, 0.2) is 46.5 Å². The van der Waals surface area contributed by atoms with Crippen molar-refractivity contribution in [3.8, 4) is 11.3 Å². The lowest BCUT2D eigenvalue weighted by molar-refractivity contribution is -0.115. The fourth-order valence-corrected chi connectivity index (χ4v) is 1.95. The minimum absolute atomic E-state index is 0.159. The number of furan rings is 1. The Labute approximate surface area is 119 Å². The zero-order chi connectivity index (χ0) is 14.1. The summed E-state index contributed by atoms with van der Waals surface area (Å²) in [5.41, 5.74) is 1.03. The number of rotatable bonds is 2. The first kappa shape index (κ1) is 12.5. The molecule has 0 bridgehead atoms. The summed E-state index contributed by atoms with van der Waals surface area (Å²) in [5.74, 6) is 0.653. The molecule has 0 saturated carbocycles. The number of halogens is 1. The van der Waals surface area contributed by atoms with Crippen LogP contribution in [0, 0.1) is 0 Å². The van der Waals surface area contributed by atoms with E-state index in [-0.39, 0.29) is 5.70 Å². The van der Waals surface area contributed by atoms with Crippen molar-refractivity contribution in [2.24, 2.45) is 0 Å². The number of nitrogens with one attached hydrogen (secondary N) is 2. The second-order valence-corrected chi connectivity index (χ2v) is 4.61. The smallest absolute Gasteiger partial charge is 0.326 e. The molecule has 1 aromatic carbocycles. The second-order valence-electron chi connectivity index (χ2n) is 4.18. The van der Waals surface area contributed by atoms with Crippen molar-refractivity contribution in [1.29, 1.82) is 0 Å². The average molecular weight is 289 g/mol. The highest BCUT2D eigenvalue weighted by Crippen LogP contribution is 2.24. The molecule has 1 aliphatic rings. The van der Waals surface area contributed by atoms with E-state index in [1.807, 2.05) is 12.1 Å². The van der Waals surface area contributed by atoms with Crippen LogP contribution in [0.3, 0.4) is 0 Å². The van der Waals surface area contributed by atoms with E-state index in [9.17, 15) is 9.59 Å². The van der Waals surface area contributed by atoms with E-state index in [4.69, 9.17) is 16.0 Å². The summed E-state index contributed by atoms with van der Waals surface area (Å²) in [6.07, 6.45) is 1.47. The molecule has 2 N–H and O–H groups in total. The van der Waals surface area contributed by atoms with Crippen LogP contribution in [-0.2, 0) is 4.79 Å². The number of urea groups is 1. The van der Waals surface area contributed by atoms with E-state index in [2.05, 4.69) is 10.6 Å². The quantitative estimate of drug-likeness (QED) is 0.659. The zero-order valence-electron chi connectivity index (χ0n) is 10.1. The topological polar surface area (TPSA) is 71.3 Å². The molecule has 1 aromatic heterocycles. The summed E-state index contributed by atoms with van der Waals surface area (Å²) >= 11 is 5.82. The third kappa shape index (κ3) is 2.44. The van der Waals surface area contributed by atoms with Gasteiger partial charge in [0.15, 0.2) is 0 Å². The van der Waals surface area contributed by atoms with Crippen molar-refractivity contribution >= 4 is 29.6 Å². The molecule has 3 amide bonds. The Morgan fingerprint density at radius 3 is 2.40 bits per heavy atom. The van der Waals surface area contributed by atoms with Gasteiger partial charge in [-0.2, -0.15) is 0 Å². The highest BCUT2D eigenvalue weighted by atomic mass is 35.5. The molecular weight excluding hydrogens is 280 g/mol. The molecule has 3 rings (SSSR count). The zero-order valence-corrected chi connectivity index (χ0v) is 10.9. The van der Waals surface area contributed by atoms with Gasteiger partial charge in [-0.15, -0.1) is 0 Å². The number of imide groups is 1. The molecule has 1 aliphatic heterocycles. The predicted octanol–water partition coefficient (Wildman–Crippen LogP) is 2.78. The first-order chi connectivity index (χ1) is 9.61. The molecule has 1 fully saturated rings. The Bertz CT molecular complexity index is 716. The average Bonchev–Trinajstić information content (AvgIpc) is 2.98. The van der Waals surface area contributed by atoms with Crippen LogP contribution < -0.4 is 10.6 Å². The summed E-state index contributed by atoms with van der Waals surface area (Å²) in [4.78, 5) is 22.4. The lowest BCUT2D eigenvalue weighted by atomic mass is 10.2. The lowest BCUT2D eigenvalue weighted by Gasteiger charge is -1.96. The number of carbonyl (C=O) groups is 2. The third-order valence-electron chi connectivity index (χ3n) is 2.76. The molecule has 6 heteroatoms. The van der Waals surface area contributed by atoms with E-state index in [0.717, 1.165) is 5.56 Å². The van der Waals surface area contributed by atoms with Crippen LogP contribution in [0.4, 0.5) is 4.79 Å². The normalized spacial score (nSPS) is 16.4. The maximum absolute atomic E-state index is 11.4. The first-order valence-corrected chi connectivity index (χ1v) is 6.19. The van der Waals surface area contributed by atoms with Gasteiger partial charge in [0.1, 0.15) is 17.2 Å². The van der Waals surface area contributed by atoms with Crippen LogP contribution in [0.1, 0.15) is 5.76 Å². The molecule has 0 aliphatic carbocycles. The molecule has 0 unspecified atom stereocenters. The van der Waals surface area contributed by atoms with E-state index in [1.54, 1.807) is 24.3 Å². The van der Waals surface area contributed by atoms with Gasteiger partial charge >= 0.3 is 6.03 Å². The van der Waals surface area contributed by atoms with Crippen LogP contribution in [-0.4, -0.2) is 11.9 Å². The van der Waals surface area contributed by atoms with Crippen molar-refractivity contribution in [3.05, 3.63) is 52.9 Å². The van der Waals surface area contributed by atoms with E-state index in [0.29, 0.717) is 16.5 Å². The highest BCUT2D eigenvalue weighted by molar-refractivity contribution is 6.30. The molecule has 2 aromatic rings. The maximum Gasteiger partial charge on any atom is 0.326 e. The van der Waals surface area contributed by atoms with Crippen molar-refractivity contribution < 1.29 is 14.0 Å². The van der Waals surface area contributed by atoms with Gasteiger partial charge in [0.25, 0.3) is 5.91 Å². The summed E-state index contributed by atoms with van der Waals surface area (Å²) in [5, 5.41) is 5.16. The minimum Gasteiger partial charge on any atom is -0.457 e. The SMILES string of the molecule is O=C1NC(=O)/C(=C/c2ccc(-c3ccc(Cl)cc3)o2)N1. The fraction of sp³-hybridized carbons (Fsp3) is 0. The minimum atomic E-state index is -0.536. The first-order valence-electron chi connectivity index (χ1n) is 5.81. The van der Waals surface area contributed by atoms with Gasteiger partial charge in [0.2, 0.25) is 0 Å². The van der Waals surface area contributed by atoms with Crippen molar-refractivity contribution in [2.75, 3.05) is 0 Å². The van der Waals surface area contributed by atoms with Crippen LogP contribution in [0.25, 0.3) is 17.4 Å². The number of hydrogen-bond donors (Lipinski definition) is 2. The van der Waals surface area contributed by atoms with Crippen molar-refractivity contribution in [1.82, 2.24) is 10.6 Å². The Kier molecular flexibility index (Phi) is 3.04. The maximum atomic E-state index is 11.4. The molecule has 5 nitrogen and oxygen atoms in total. The summed E-state index contributed by atoms with van der Waals surface area (Å²) in [7, 11) is 0. The Morgan fingerprint density at radius 2 is 1.75 bits per heavy atom. The summed E-state index contributed by atoms with van der Waals surface area (Å²) in [6, 6.07) is 10.2. The van der Waals surface area contributed by atoms with Crippen molar-refractivity contribution in [3.63, 3.8) is 0 Å². The predicted molar refractivity (Wildman–Crippen MR) is 73.8 cm³/mol. The lowest BCUT2D eigenvalue weighted by Crippen LogP contribution is -2.22. The van der Waals surface area contributed by atoms with Gasteiger partial charge in [0.05, 0.1) is 0 Å². The monoisotopic (exact) mass is 288 g/mol. The molecule has 20 heavy (non-hydrogen) atoms. The Morgan fingerprint density at radius 1 is 1.00 bits per heavy atom. The molecule has 2 heterocycles. The van der Waals surface area contributed by atoms with Crippen LogP contribution in [0.2, 0.25) is 5.02 Å². The standard InChI is InChI=1S/C14H9ClN2O3/c15-9-3-1-8(2-4-9)12-6-5-10(20-12)7-11-13(18)17-14(19)16-11/h1-7H,(H2,16,17,18,19)/b11-7-. The van der Waals surface area contributed by atoms with Crippen molar-refractivity contribution in [2.45, 2.75) is 0 Å². The van der Waals surface area contributed by atoms with Crippen LogP contribution >= 0.6 is 11.6 Å². The number of benzene rings is 1. The van der Waals surface area contributed by atoms with Gasteiger partial charge in [0, 0.05) is 16.7 Å². The molecule has 0 spiro atoms.